The molecule has 36 heavy (non-hydrogen) atoms. The summed E-state index contributed by atoms with van der Waals surface area (Å²) in [6.07, 6.45) is 1.72. The van der Waals surface area contributed by atoms with Crippen LogP contribution in [0.3, 0.4) is 0 Å². The summed E-state index contributed by atoms with van der Waals surface area (Å²) in [7, 11) is 0. The van der Waals surface area contributed by atoms with Gasteiger partial charge in [-0.3, -0.25) is 9.36 Å². The Bertz CT molecular complexity index is 1320. The summed E-state index contributed by atoms with van der Waals surface area (Å²) in [6, 6.07) is 18.3. The highest BCUT2D eigenvalue weighted by molar-refractivity contribution is 7.99. The smallest absolute Gasteiger partial charge is 0.230 e. The van der Waals surface area contributed by atoms with Gasteiger partial charge in [0.25, 0.3) is 0 Å². The van der Waals surface area contributed by atoms with E-state index in [0.29, 0.717) is 11.7 Å². The van der Waals surface area contributed by atoms with Crippen molar-refractivity contribution in [2.24, 2.45) is 0 Å². The Labute approximate surface area is 213 Å². The van der Waals surface area contributed by atoms with Crippen LogP contribution in [0.2, 0.25) is 0 Å². The lowest BCUT2D eigenvalue weighted by molar-refractivity contribution is -0.119. The van der Waals surface area contributed by atoms with Gasteiger partial charge in [0, 0.05) is 25.0 Å². The molecule has 0 saturated carbocycles. The first kappa shape index (κ1) is 24.3. The average molecular weight is 506 g/mol. The molecule has 1 amide bonds. The van der Waals surface area contributed by atoms with Gasteiger partial charge >= 0.3 is 0 Å². The summed E-state index contributed by atoms with van der Waals surface area (Å²) in [6.45, 7) is 5.76. The number of nitrogens with one attached hydrogen (secondary N) is 1. The van der Waals surface area contributed by atoms with Gasteiger partial charge in [-0.2, -0.15) is 0 Å². The number of imidazole rings is 1. The maximum absolute atomic E-state index is 13.4. The number of hydrogen-bond acceptors (Lipinski definition) is 6. The second kappa shape index (κ2) is 11.1. The maximum Gasteiger partial charge on any atom is 0.230 e. The molecule has 4 aromatic rings. The van der Waals surface area contributed by atoms with Crippen LogP contribution < -0.4 is 10.2 Å². The fourth-order valence-electron chi connectivity index (χ4n) is 4.25. The van der Waals surface area contributed by atoms with Crippen LogP contribution in [-0.2, 0) is 16.1 Å². The molecular formula is C27H28FN5O2S. The van der Waals surface area contributed by atoms with Gasteiger partial charge in [0.15, 0.2) is 10.8 Å². The first-order valence-electron chi connectivity index (χ1n) is 12.0. The van der Waals surface area contributed by atoms with Crippen LogP contribution in [0.15, 0.2) is 72.0 Å². The van der Waals surface area contributed by atoms with E-state index in [0.717, 1.165) is 48.6 Å². The summed E-state index contributed by atoms with van der Waals surface area (Å²) in [5, 5.41) is 3.79. The molecule has 9 heteroatoms. The molecule has 3 heterocycles. The van der Waals surface area contributed by atoms with E-state index < -0.39 is 0 Å². The standard InChI is InChI=1S/C27H28FN5O2S/c1-19(21-6-10-23(11-7-21)32-13-15-35-16-14-32)30-25(34)18-36-27-31-24-3-2-12-29-26(24)33(27)17-20-4-8-22(28)9-5-20/h2-12,19H,13-18H2,1H3,(H,30,34). The highest BCUT2D eigenvalue weighted by atomic mass is 32.2. The molecule has 0 radical (unpaired) electrons. The largest absolute Gasteiger partial charge is 0.378 e. The number of morpholine rings is 1. The van der Waals surface area contributed by atoms with E-state index in [2.05, 4.69) is 44.5 Å². The summed E-state index contributed by atoms with van der Waals surface area (Å²) < 4.78 is 20.7. The average Bonchev–Trinajstić information content (AvgIpc) is 3.26. The van der Waals surface area contributed by atoms with E-state index in [4.69, 9.17) is 4.74 Å². The number of pyridine rings is 1. The number of ether oxygens (including phenoxy) is 1. The quantitative estimate of drug-likeness (QED) is 0.358. The number of anilines is 1. The SMILES string of the molecule is CC(NC(=O)CSc1nc2cccnc2n1Cc1ccc(F)cc1)c1ccc(N2CCOCC2)cc1. The number of hydrogen-bond donors (Lipinski definition) is 1. The Morgan fingerprint density at radius 2 is 1.86 bits per heavy atom. The number of carbonyl (C=O) groups excluding carboxylic acids is 1. The summed E-state index contributed by atoms with van der Waals surface area (Å²) in [5.74, 6) is -0.121. The normalized spacial score (nSPS) is 14.7. The number of nitrogens with zero attached hydrogens (tertiary/aromatic N) is 4. The molecule has 1 atom stereocenters. The van der Waals surface area contributed by atoms with Gasteiger partial charge in [-0.15, -0.1) is 0 Å². The van der Waals surface area contributed by atoms with Crippen molar-refractivity contribution >= 4 is 34.5 Å². The predicted octanol–water partition coefficient (Wildman–Crippen LogP) is 4.42. The Kier molecular flexibility index (Phi) is 7.48. The zero-order valence-electron chi connectivity index (χ0n) is 20.1. The highest BCUT2D eigenvalue weighted by Crippen LogP contribution is 2.25. The fourth-order valence-corrected chi connectivity index (χ4v) is 5.07. The minimum atomic E-state index is -0.275. The van der Waals surface area contributed by atoms with Crippen molar-refractivity contribution < 1.29 is 13.9 Å². The van der Waals surface area contributed by atoms with Gasteiger partial charge in [0.05, 0.1) is 31.6 Å². The van der Waals surface area contributed by atoms with Crippen LogP contribution >= 0.6 is 11.8 Å². The molecule has 1 unspecified atom stereocenters. The van der Waals surface area contributed by atoms with E-state index in [1.807, 2.05) is 23.6 Å². The van der Waals surface area contributed by atoms with E-state index in [1.54, 1.807) is 18.3 Å². The van der Waals surface area contributed by atoms with Crippen LogP contribution in [0.4, 0.5) is 10.1 Å². The van der Waals surface area contributed by atoms with Gasteiger partial charge in [-0.25, -0.2) is 14.4 Å². The zero-order chi connectivity index (χ0) is 24.9. The van der Waals surface area contributed by atoms with Crippen LogP contribution in [0.25, 0.3) is 11.2 Å². The number of carbonyl (C=O) groups is 1. The van der Waals surface area contributed by atoms with E-state index in [1.165, 1.54) is 29.6 Å². The van der Waals surface area contributed by atoms with Crippen LogP contribution in [0.5, 0.6) is 0 Å². The lowest BCUT2D eigenvalue weighted by Crippen LogP contribution is -2.36. The van der Waals surface area contributed by atoms with Crippen LogP contribution in [0, 0.1) is 5.82 Å². The number of halogens is 1. The van der Waals surface area contributed by atoms with E-state index in [9.17, 15) is 9.18 Å². The molecule has 7 nitrogen and oxygen atoms in total. The molecule has 1 fully saturated rings. The Hall–Kier alpha value is -3.43. The topological polar surface area (TPSA) is 72.3 Å². The molecule has 0 spiro atoms. The molecule has 1 saturated heterocycles. The third kappa shape index (κ3) is 5.68. The number of amides is 1. The Morgan fingerprint density at radius 3 is 2.61 bits per heavy atom. The van der Waals surface area contributed by atoms with E-state index in [-0.39, 0.29) is 23.5 Å². The summed E-state index contributed by atoms with van der Waals surface area (Å²) in [4.78, 5) is 24.3. The van der Waals surface area contributed by atoms with E-state index >= 15 is 0 Å². The van der Waals surface area contributed by atoms with Crippen molar-refractivity contribution in [1.29, 1.82) is 0 Å². The second-order valence-electron chi connectivity index (χ2n) is 8.72. The minimum Gasteiger partial charge on any atom is -0.378 e. The Morgan fingerprint density at radius 1 is 1.11 bits per heavy atom. The first-order chi connectivity index (χ1) is 17.6. The molecule has 1 N–H and O–H groups in total. The molecule has 1 aliphatic heterocycles. The third-order valence-electron chi connectivity index (χ3n) is 6.20. The highest BCUT2D eigenvalue weighted by Gasteiger charge is 2.17. The van der Waals surface area contributed by atoms with Crippen LogP contribution in [-0.4, -0.2) is 52.5 Å². The number of benzene rings is 2. The Balaban J connectivity index is 1.23. The number of rotatable bonds is 8. The van der Waals surface area contributed by atoms with Gasteiger partial charge in [0.1, 0.15) is 11.3 Å². The molecular weight excluding hydrogens is 477 g/mol. The minimum absolute atomic E-state index is 0.0712. The van der Waals surface area contributed by atoms with Crippen molar-refractivity contribution in [3.05, 3.63) is 83.8 Å². The van der Waals surface area contributed by atoms with Crippen molar-refractivity contribution in [1.82, 2.24) is 19.9 Å². The molecule has 0 bridgehead atoms. The summed E-state index contributed by atoms with van der Waals surface area (Å²) >= 11 is 1.37. The van der Waals surface area contributed by atoms with Crippen molar-refractivity contribution in [3.8, 4) is 0 Å². The third-order valence-corrected chi connectivity index (χ3v) is 7.18. The number of fused-ring (bicyclic) bond motifs is 1. The van der Waals surface area contributed by atoms with Crippen molar-refractivity contribution in [2.75, 3.05) is 37.0 Å². The number of aromatic nitrogens is 3. The van der Waals surface area contributed by atoms with Gasteiger partial charge in [-0.05, 0) is 54.4 Å². The molecule has 0 aliphatic carbocycles. The van der Waals surface area contributed by atoms with Crippen molar-refractivity contribution in [2.45, 2.75) is 24.7 Å². The van der Waals surface area contributed by atoms with Gasteiger partial charge < -0.3 is 15.0 Å². The fraction of sp³-hybridized carbons (Fsp3) is 0.296. The molecule has 186 valence electrons. The van der Waals surface area contributed by atoms with Crippen LogP contribution in [0.1, 0.15) is 24.1 Å². The van der Waals surface area contributed by atoms with Gasteiger partial charge in [-0.1, -0.05) is 36.0 Å². The number of thioether (sulfide) groups is 1. The van der Waals surface area contributed by atoms with Gasteiger partial charge in [0.2, 0.25) is 5.91 Å². The lowest BCUT2D eigenvalue weighted by Gasteiger charge is -2.29. The first-order valence-corrected chi connectivity index (χ1v) is 13.0. The van der Waals surface area contributed by atoms with Crippen molar-refractivity contribution in [3.63, 3.8) is 0 Å². The summed E-state index contributed by atoms with van der Waals surface area (Å²) in [5.41, 5.74) is 4.65. The molecule has 5 rings (SSSR count). The monoisotopic (exact) mass is 505 g/mol. The lowest BCUT2D eigenvalue weighted by atomic mass is 10.1. The second-order valence-corrected chi connectivity index (χ2v) is 9.66. The molecule has 2 aromatic carbocycles. The molecule has 1 aliphatic rings. The molecule has 2 aromatic heterocycles. The zero-order valence-corrected chi connectivity index (χ0v) is 20.9. The predicted molar refractivity (Wildman–Crippen MR) is 140 cm³/mol. The maximum atomic E-state index is 13.4.